The first-order chi connectivity index (χ1) is 13.0. The highest BCUT2D eigenvalue weighted by Crippen LogP contribution is 2.42. The highest BCUT2D eigenvalue weighted by Gasteiger charge is 2.43. The van der Waals surface area contributed by atoms with Crippen molar-refractivity contribution in [2.24, 2.45) is 11.3 Å². The first kappa shape index (κ1) is 18.8. The summed E-state index contributed by atoms with van der Waals surface area (Å²) >= 11 is 0. The van der Waals surface area contributed by atoms with Gasteiger partial charge in [-0.25, -0.2) is 0 Å². The van der Waals surface area contributed by atoms with Gasteiger partial charge in [-0.15, -0.1) is 0 Å². The lowest BCUT2D eigenvalue weighted by Gasteiger charge is -2.38. The van der Waals surface area contributed by atoms with E-state index in [1.807, 2.05) is 4.90 Å². The highest BCUT2D eigenvalue weighted by atomic mass is 16.5. The second-order valence-corrected chi connectivity index (χ2v) is 8.98. The van der Waals surface area contributed by atoms with Gasteiger partial charge >= 0.3 is 0 Å². The van der Waals surface area contributed by atoms with Crippen LogP contribution in [0.15, 0.2) is 24.3 Å². The van der Waals surface area contributed by atoms with Crippen LogP contribution in [0.5, 0.6) is 5.75 Å². The molecule has 3 saturated heterocycles. The molecule has 0 aromatic heterocycles. The van der Waals surface area contributed by atoms with E-state index < -0.39 is 0 Å². The van der Waals surface area contributed by atoms with Gasteiger partial charge in [-0.1, -0.05) is 6.92 Å². The molecule has 5 heteroatoms. The van der Waals surface area contributed by atoms with E-state index in [0.29, 0.717) is 11.7 Å². The summed E-state index contributed by atoms with van der Waals surface area (Å²) in [5.41, 5.74) is 0.918. The van der Waals surface area contributed by atoms with Crippen molar-refractivity contribution in [3.05, 3.63) is 29.8 Å². The fraction of sp³-hybridized carbons (Fsp3) is 0.682. The molecule has 0 aliphatic carbocycles. The summed E-state index contributed by atoms with van der Waals surface area (Å²) < 4.78 is 6.20. The van der Waals surface area contributed by atoms with Crippen LogP contribution in [0.1, 0.15) is 49.4 Å². The molecule has 1 amide bonds. The van der Waals surface area contributed by atoms with E-state index in [9.17, 15) is 9.90 Å². The number of carbonyl (C=O) groups excluding carboxylic acids is 1. The largest absolute Gasteiger partial charge is 0.508 e. The van der Waals surface area contributed by atoms with Crippen molar-refractivity contribution in [2.75, 3.05) is 39.3 Å². The van der Waals surface area contributed by atoms with Gasteiger partial charge < -0.3 is 19.6 Å². The minimum absolute atomic E-state index is 0.0719. The van der Waals surface area contributed by atoms with Crippen molar-refractivity contribution < 1.29 is 14.6 Å². The smallest absolute Gasteiger partial charge is 0.253 e. The maximum atomic E-state index is 12.7. The van der Waals surface area contributed by atoms with Crippen molar-refractivity contribution in [1.82, 2.24) is 9.80 Å². The number of ether oxygens (including phenoxy) is 1. The summed E-state index contributed by atoms with van der Waals surface area (Å²) in [6.45, 7) is 8.30. The fourth-order valence-electron chi connectivity index (χ4n) is 5.07. The number of nitrogens with zero attached hydrogens (tertiary/aromatic N) is 2. The molecular formula is C22H32N2O3. The minimum Gasteiger partial charge on any atom is -0.508 e. The standard InChI is InChI=1S/C22H32N2O3/c1-17-3-2-10-23(14-17)15-20-13-22(16-27-20)8-11-24(12-9-22)21(26)18-4-6-19(25)7-5-18/h4-7,17,20,25H,2-3,8-16H2,1H3/t17-,20+/m1/s1. The Bertz CT molecular complexity index is 652. The Hall–Kier alpha value is -1.59. The van der Waals surface area contributed by atoms with Crippen LogP contribution in [0.4, 0.5) is 0 Å². The molecule has 3 aliphatic rings. The SMILES string of the molecule is C[C@@H]1CCCN(C[C@@H]2CC3(CCN(C(=O)c4ccc(O)cc4)CC3)CO2)C1. The van der Waals surface area contributed by atoms with Gasteiger partial charge in [0.25, 0.3) is 5.91 Å². The number of amides is 1. The van der Waals surface area contributed by atoms with Gasteiger partial charge in [0.15, 0.2) is 0 Å². The number of rotatable bonds is 3. The number of likely N-dealkylation sites (tertiary alicyclic amines) is 2. The quantitative estimate of drug-likeness (QED) is 0.886. The molecule has 3 heterocycles. The highest BCUT2D eigenvalue weighted by molar-refractivity contribution is 5.94. The summed E-state index contributed by atoms with van der Waals surface area (Å²) in [5.74, 6) is 1.08. The van der Waals surface area contributed by atoms with E-state index in [1.165, 1.54) is 25.9 Å². The van der Waals surface area contributed by atoms with Gasteiger partial charge in [0.05, 0.1) is 12.7 Å². The molecule has 0 bridgehead atoms. The maximum absolute atomic E-state index is 12.7. The minimum atomic E-state index is 0.0719. The summed E-state index contributed by atoms with van der Waals surface area (Å²) in [4.78, 5) is 17.2. The summed E-state index contributed by atoms with van der Waals surface area (Å²) in [5, 5.41) is 9.40. The van der Waals surface area contributed by atoms with E-state index in [0.717, 1.165) is 51.4 Å². The summed E-state index contributed by atoms with van der Waals surface area (Å²) in [6, 6.07) is 6.57. The third-order valence-corrected chi connectivity index (χ3v) is 6.71. The molecule has 3 fully saturated rings. The normalized spacial score (nSPS) is 28.6. The van der Waals surface area contributed by atoms with Gasteiger partial charge in [0.1, 0.15) is 5.75 Å². The molecule has 0 saturated carbocycles. The van der Waals surface area contributed by atoms with Gasteiger partial charge in [-0.3, -0.25) is 4.79 Å². The van der Waals surface area contributed by atoms with Crippen LogP contribution in [0, 0.1) is 11.3 Å². The van der Waals surface area contributed by atoms with E-state index in [1.54, 1.807) is 24.3 Å². The number of hydrogen-bond acceptors (Lipinski definition) is 4. The van der Waals surface area contributed by atoms with E-state index in [4.69, 9.17) is 4.74 Å². The predicted molar refractivity (Wildman–Crippen MR) is 105 cm³/mol. The molecular weight excluding hydrogens is 340 g/mol. The molecule has 1 spiro atoms. The topological polar surface area (TPSA) is 53.0 Å². The fourth-order valence-corrected chi connectivity index (χ4v) is 5.07. The molecule has 5 nitrogen and oxygen atoms in total. The lowest BCUT2D eigenvalue weighted by atomic mass is 9.76. The molecule has 0 radical (unpaired) electrons. The van der Waals surface area contributed by atoms with Gasteiger partial charge in [-0.2, -0.15) is 0 Å². The summed E-state index contributed by atoms with van der Waals surface area (Å²) in [7, 11) is 0. The van der Waals surface area contributed by atoms with Crippen LogP contribution in [0.3, 0.4) is 0 Å². The number of hydrogen-bond donors (Lipinski definition) is 1. The number of piperidine rings is 2. The molecule has 4 rings (SSSR count). The monoisotopic (exact) mass is 372 g/mol. The number of benzene rings is 1. The number of phenolic OH excluding ortho intramolecular Hbond substituents is 1. The number of carbonyl (C=O) groups is 1. The number of phenols is 1. The maximum Gasteiger partial charge on any atom is 0.253 e. The zero-order valence-electron chi connectivity index (χ0n) is 16.4. The van der Waals surface area contributed by atoms with Crippen LogP contribution in [-0.4, -0.2) is 66.2 Å². The van der Waals surface area contributed by atoms with Crippen molar-refractivity contribution >= 4 is 5.91 Å². The lowest BCUT2D eigenvalue weighted by Crippen LogP contribution is -2.44. The Balaban J connectivity index is 1.28. The molecule has 0 unspecified atom stereocenters. The molecule has 27 heavy (non-hydrogen) atoms. The Morgan fingerprint density at radius 3 is 2.67 bits per heavy atom. The third-order valence-electron chi connectivity index (χ3n) is 6.71. The second-order valence-electron chi connectivity index (χ2n) is 8.98. The molecule has 2 atom stereocenters. The molecule has 3 aliphatic heterocycles. The molecule has 1 aromatic carbocycles. The summed E-state index contributed by atoms with van der Waals surface area (Å²) in [6.07, 6.45) is 6.23. The van der Waals surface area contributed by atoms with Crippen LogP contribution in [0.2, 0.25) is 0 Å². The Morgan fingerprint density at radius 2 is 1.96 bits per heavy atom. The van der Waals surface area contributed by atoms with Crippen LogP contribution in [0.25, 0.3) is 0 Å². The molecule has 1 aromatic rings. The lowest BCUT2D eigenvalue weighted by molar-refractivity contribution is 0.0402. The van der Waals surface area contributed by atoms with Crippen LogP contribution in [-0.2, 0) is 4.74 Å². The van der Waals surface area contributed by atoms with Crippen molar-refractivity contribution in [2.45, 2.75) is 45.1 Å². The number of aromatic hydroxyl groups is 1. The zero-order valence-corrected chi connectivity index (χ0v) is 16.4. The Morgan fingerprint density at radius 1 is 1.22 bits per heavy atom. The van der Waals surface area contributed by atoms with E-state index >= 15 is 0 Å². The second kappa shape index (κ2) is 7.80. The van der Waals surface area contributed by atoms with Crippen molar-refractivity contribution in [3.8, 4) is 5.75 Å². The van der Waals surface area contributed by atoms with Crippen molar-refractivity contribution in [3.63, 3.8) is 0 Å². The van der Waals surface area contributed by atoms with E-state index in [2.05, 4.69) is 11.8 Å². The Kier molecular flexibility index (Phi) is 5.42. The van der Waals surface area contributed by atoms with Gasteiger partial charge in [-0.05, 0) is 74.2 Å². The Labute approximate surface area is 162 Å². The first-order valence-corrected chi connectivity index (χ1v) is 10.5. The average molecular weight is 373 g/mol. The van der Waals surface area contributed by atoms with Crippen LogP contribution < -0.4 is 0 Å². The first-order valence-electron chi connectivity index (χ1n) is 10.5. The van der Waals surface area contributed by atoms with E-state index in [-0.39, 0.29) is 17.1 Å². The predicted octanol–water partition coefficient (Wildman–Crippen LogP) is 3.14. The molecule has 1 N–H and O–H groups in total. The van der Waals surface area contributed by atoms with Gasteiger partial charge in [0, 0.05) is 31.7 Å². The van der Waals surface area contributed by atoms with Crippen LogP contribution >= 0.6 is 0 Å². The zero-order chi connectivity index (χ0) is 18.9. The third kappa shape index (κ3) is 4.30. The average Bonchev–Trinajstić information content (AvgIpc) is 3.04. The molecule has 148 valence electrons. The van der Waals surface area contributed by atoms with Gasteiger partial charge in [0.2, 0.25) is 0 Å². The van der Waals surface area contributed by atoms with Crippen molar-refractivity contribution in [1.29, 1.82) is 0 Å².